The number of sulfonamides is 1. The zero-order valence-corrected chi connectivity index (χ0v) is 16.0. The van der Waals surface area contributed by atoms with Gasteiger partial charge in [-0.1, -0.05) is 13.0 Å². The van der Waals surface area contributed by atoms with Crippen molar-refractivity contribution in [3.8, 4) is 11.5 Å². The summed E-state index contributed by atoms with van der Waals surface area (Å²) in [6, 6.07) is 10.5. The Bertz CT molecular complexity index is 1010. The molecule has 2 aromatic rings. The summed E-state index contributed by atoms with van der Waals surface area (Å²) in [4.78, 5) is 0.146. The molecule has 0 fully saturated rings. The summed E-state index contributed by atoms with van der Waals surface area (Å²) in [7, 11) is -5.65. The number of nitrogens with zero attached hydrogens (tertiary/aromatic N) is 1. The SMILES string of the molecule is CCS(=O)(=O)c1ccc(S(=O)(=O)N(C)Cc2ccc3c(c2)OCO3)cc1. The van der Waals surface area contributed by atoms with Crippen LogP contribution in [0.25, 0.3) is 0 Å². The van der Waals surface area contributed by atoms with Crippen molar-refractivity contribution in [2.75, 3.05) is 19.6 Å². The molecule has 0 aliphatic carbocycles. The predicted molar refractivity (Wildman–Crippen MR) is 95.4 cm³/mol. The van der Waals surface area contributed by atoms with E-state index in [0.29, 0.717) is 11.5 Å². The van der Waals surface area contributed by atoms with Crippen LogP contribution >= 0.6 is 0 Å². The van der Waals surface area contributed by atoms with Crippen molar-refractivity contribution in [3.05, 3.63) is 48.0 Å². The topological polar surface area (TPSA) is 90.0 Å². The van der Waals surface area contributed by atoms with E-state index in [-0.39, 0.29) is 28.9 Å². The molecule has 1 aliphatic heterocycles. The molecule has 0 spiro atoms. The third kappa shape index (κ3) is 3.55. The van der Waals surface area contributed by atoms with Crippen LogP contribution in [-0.2, 0) is 26.4 Å². The van der Waals surface area contributed by atoms with Crippen LogP contribution in [0.1, 0.15) is 12.5 Å². The Balaban J connectivity index is 1.81. The van der Waals surface area contributed by atoms with E-state index in [2.05, 4.69) is 0 Å². The second-order valence-electron chi connectivity index (χ2n) is 5.82. The molecule has 140 valence electrons. The van der Waals surface area contributed by atoms with Gasteiger partial charge in [-0.25, -0.2) is 16.8 Å². The molecule has 2 aromatic carbocycles. The molecule has 1 aliphatic rings. The fourth-order valence-corrected chi connectivity index (χ4v) is 4.59. The number of ether oxygens (including phenoxy) is 2. The number of rotatable bonds is 6. The Morgan fingerprint density at radius 1 is 0.923 bits per heavy atom. The molecule has 26 heavy (non-hydrogen) atoms. The molecule has 7 nitrogen and oxygen atoms in total. The molecule has 3 rings (SSSR count). The lowest BCUT2D eigenvalue weighted by molar-refractivity contribution is 0.174. The van der Waals surface area contributed by atoms with Crippen molar-refractivity contribution < 1.29 is 26.3 Å². The van der Waals surface area contributed by atoms with Gasteiger partial charge in [0.1, 0.15) is 0 Å². The molecule has 0 aromatic heterocycles. The van der Waals surface area contributed by atoms with E-state index in [0.717, 1.165) is 5.56 Å². The van der Waals surface area contributed by atoms with E-state index in [1.807, 2.05) is 0 Å². The van der Waals surface area contributed by atoms with Gasteiger partial charge in [-0.3, -0.25) is 0 Å². The Hall–Kier alpha value is -2.10. The van der Waals surface area contributed by atoms with Crippen LogP contribution < -0.4 is 9.47 Å². The first-order valence-electron chi connectivity index (χ1n) is 7.92. The van der Waals surface area contributed by atoms with Gasteiger partial charge in [-0.2, -0.15) is 4.31 Å². The van der Waals surface area contributed by atoms with Crippen LogP contribution in [0, 0.1) is 0 Å². The van der Waals surface area contributed by atoms with E-state index < -0.39 is 19.9 Å². The van der Waals surface area contributed by atoms with Crippen LogP contribution in [0.15, 0.2) is 52.3 Å². The summed E-state index contributed by atoms with van der Waals surface area (Å²) in [5.74, 6) is 1.18. The van der Waals surface area contributed by atoms with Gasteiger partial charge >= 0.3 is 0 Å². The highest BCUT2D eigenvalue weighted by atomic mass is 32.2. The zero-order chi connectivity index (χ0) is 18.9. The van der Waals surface area contributed by atoms with Crippen LogP contribution in [0.4, 0.5) is 0 Å². The van der Waals surface area contributed by atoms with Crippen molar-refractivity contribution in [1.82, 2.24) is 4.31 Å². The molecule has 0 radical (unpaired) electrons. The minimum absolute atomic E-state index is 0.0378. The molecular weight excluding hydrogens is 378 g/mol. The molecular formula is C17H19NO6S2. The van der Waals surface area contributed by atoms with Gasteiger partial charge in [0.2, 0.25) is 16.8 Å². The quantitative estimate of drug-likeness (QED) is 0.741. The van der Waals surface area contributed by atoms with Crippen LogP contribution in [0.5, 0.6) is 11.5 Å². The van der Waals surface area contributed by atoms with Gasteiger partial charge in [0.05, 0.1) is 15.5 Å². The first-order chi connectivity index (χ1) is 12.2. The summed E-state index contributed by atoms with van der Waals surface area (Å²) in [5.41, 5.74) is 0.755. The minimum Gasteiger partial charge on any atom is -0.454 e. The van der Waals surface area contributed by atoms with Gasteiger partial charge in [-0.15, -0.1) is 0 Å². The molecule has 0 bridgehead atoms. The maximum atomic E-state index is 12.7. The van der Waals surface area contributed by atoms with E-state index >= 15 is 0 Å². The molecule has 0 amide bonds. The van der Waals surface area contributed by atoms with Gasteiger partial charge in [0.25, 0.3) is 0 Å². The normalized spacial score (nSPS) is 14.0. The summed E-state index contributed by atoms with van der Waals surface area (Å²) in [5, 5.41) is 0. The van der Waals surface area contributed by atoms with Gasteiger partial charge in [0, 0.05) is 13.6 Å². The second-order valence-corrected chi connectivity index (χ2v) is 10.1. The van der Waals surface area contributed by atoms with Gasteiger partial charge in [0.15, 0.2) is 21.3 Å². The number of hydrogen-bond acceptors (Lipinski definition) is 6. The van der Waals surface area contributed by atoms with Crippen LogP contribution in [0.2, 0.25) is 0 Å². The molecule has 9 heteroatoms. The molecule has 0 unspecified atom stereocenters. The Kier molecular flexibility index (Phi) is 4.96. The van der Waals surface area contributed by atoms with E-state index in [4.69, 9.17) is 9.47 Å². The number of hydrogen-bond donors (Lipinski definition) is 0. The number of benzene rings is 2. The van der Waals surface area contributed by atoms with Crippen LogP contribution in [0.3, 0.4) is 0 Å². The van der Waals surface area contributed by atoms with Crippen molar-refractivity contribution in [1.29, 1.82) is 0 Å². The smallest absolute Gasteiger partial charge is 0.243 e. The zero-order valence-electron chi connectivity index (χ0n) is 14.4. The maximum absolute atomic E-state index is 12.7. The first kappa shape index (κ1) is 18.7. The second kappa shape index (κ2) is 6.90. The molecule has 0 atom stereocenters. The number of sulfone groups is 1. The largest absolute Gasteiger partial charge is 0.454 e. The molecule has 0 N–H and O–H groups in total. The number of fused-ring (bicyclic) bond motifs is 1. The average Bonchev–Trinajstić information content (AvgIpc) is 3.09. The lowest BCUT2D eigenvalue weighted by Crippen LogP contribution is -2.26. The molecule has 0 saturated heterocycles. The minimum atomic E-state index is -3.75. The first-order valence-corrected chi connectivity index (χ1v) is 11.0. The highest BCUT2D eigenvalue weighted by molar-refractivity contribution is 7.91. The van der Waals surface area contributed by atoms with E-state index in [1.165, 1.54) is 35.6 Å². The molecule has 1 heterocycles. The van der Waals surface area contributed by atoms with Crippen molar-refractivity contribution >= 4 is 19.9 Å². The predicted octanol–water partition coefficient (Wildman–Crippen LogP) is 2.03. The van der Waals surface area contributed by atoms with Crippen LogP contribution in [-0.4, -0.2) is 40.7 Å². The van der Waals surface area contributed by atoms with Crippen molar-refractivity contribution in [2.45, 2.75) is 23.3 Å². The maximum Gasteiger partial charge on any atom is 0.243 e. The third-order valence-corrected chi connectivity index (χ3v) is 7.68. The lowest BCUT2D eigenvalue weighted by Gasteiger charge is -2.17. The van der Waals surface area contributed by atoms with E-state index in [9.17, 15) is 16.8 Å². The Morgan fingerprint density at radius 2 is 1.54 bits per heavy atom. The van der Waals surface area contributed by atoms with Gasteiger partial charge in [-0.05, 0) is 42.0 Å². The average molecular weight is 397 g/mol. The van der Waals surface area contributed by atoms with Crippen molar-refractivity contribution in [2.24, 2.45) is 0 Å². The summed E-state index contributed by atoms with van der Waals surface area (Å²) in [6.07, 6.45) is 0. The lowest BCUT2D eigenvalue weighted by atomic mass is 10.2. The summed E-state index contributed by atoms with van der Waals surface area (Å²) in [6.45, 7) is 1.84. The monoisotopic (exact) mass is 397 g/mol. The summed E-state index contributed by atoms with van der Waals surface area (Å²) >= 11 is 0. The Morgan fingerprint density at radius 3 is 2.19 bits per heavy atom. The van der Waals surface area contributed by atoms with Crippen molar-refractivity contribution in [3.63, 3.8) is 0 Å². The van der Waals surface area contributed by atoms with Gasteiger partial charge < -0.3 is 9.47 Å². The summed E-state index contributed by atoms with van der Waals surface area (Å²) < 4.78 is 60.9. The highest BCUT2D eigenvalue weighted by Crippen LogP contribution is 2.33. The fourth-order valence-electron chi connectivity index (χ4n) is 2.55. The Labute approximate surface area is 153 Å². The van der Waals surface area contributed by atoms with E-state index in [1.54, 1.807) is 25.1 Å². The highest BCUT2D eigenvalue weighted by Gasteiger charge is 2.23. The standard InChI is InChI=1S/C17H19NO6S2/c1-3-25(19,20)14-5-7-15(8-6-14)26(21,22)18(2)11-13-4-9-16-17(10-13)24-12-23-16/h4-10H,3,11-12H2,1-2H3. The fraction of sp³-hybridized carbons (Fsp3) is 0.294. The molecule has 0 saturated carbocycles. The third-order valence-electron chi connectivity index (χ3n) is 4.11.